The largest absolute Gasteiger partial charge is 0.504 e. The molecular formula is C23H26N4O3. The summed E-state index contributed by atoms with van der Waals surface area (Å²) < 4.78 is 5.25. The Morgan fingerprint density at radius 1 is 1.10 bits per heavy atom. The van der Waals surface area contributed by atoms with E-state index in [1.807, 2.05) is 24.3 Å². The number of primary amides is 1. The molecule has 3 rings (SSSR count). The zero-order valence-corrected chi connectivity index (χ0v) is 16.9. The number of phenolic OH excluding ortho intramolecular Hbond substituents is 1. The Morgan fingerprint density at radius 3 is 2.33 bits per heavy atom. The van der Waals surface area contributed by atoms with E-state index in [1.54, 1.807) is 36.9 Å². The summed E-state index contributed by atoms with van der Waals surface area (Å²) in [5.74, 6) is -0.207. The number of carbonyl (C=O) groups excluding carboxylic acids is 1. The minimum Gasteiger partial charge on any atom is -0.504 e. The molecule has 2 aromatic heterocycles. The maximum atomic E-state index is 12.8. The van der Waals surface area contributed by atoms with Gasteiger partial charge in [-0.25, -0.2) is 0 Å². The second kappa shape index (κ2) is 9.84. The summed E-state index contributed by atoms with van der Waals surface area (Å²) in [7, 11) is 1.47. The highest BCUT2D eigenvalue weighted by Crippen LogP contribution is 2.34. The van der Waals surface area contributed by atoms with Crippen LogP contribution in [0.2, 0.25) is 0 Å². The van der Waals surface area contributed by atoms with Gasteiger partial charge in [-0.3, -0.25) is 20.1 Å². The highest BCUT2D eigenvalue weighted by molar-refractivity contribution is 5.86. The molecule has 1 aromatic carbocycles. The summed E-state index contributed by atoms with van der Waals surface area (Å²) in [4.78, 5) is 21.1. The number of aromatic hydroxyl groups is 1. The molecule has 1 amide bonds. The molecule has 0 radical (unpaired) electrons. The molecule has 1 atom stereocenters. The molecule has 4 N–H and O–H groups in total. The van der Waals surface area contributed by atoms with Crippen LogP contribution in [0, 0.1) is 0 Å². The first-order valence-corrected chi connectivity index (χ1v) is 9.75. The Bertz CT molecular complexity index is 967. The van der Waals surface area contributed by atoms with Crippen LogP contribution in [-0.4, -0.2) is 34.6 Å². The number of rotatable bonds is 10. The van der Waals surface area contributed by atoms with Crippen molar-refractivity contribution in [3.05, 3.63) is 83.9 Å². The van der Waals surface area contributed by atoms with E-state index in [-0.39, 0.29) is 11.5 Å². The van der Waals surface area contributed by atoms with Gasteiger partial charge in [0, 0.05) is 31.3 Å². The van der Waals surface area contributed by atoms with E-state index in [2.05, 4.69) is 15.3 Å². The number of amides is 1. The van der Waals surface area contributed by atoms with Crippen molar-refractivity contribution in [2.75, 3.05) is 13.7 Å². The number of nitrogens with one attached hydrogen (secondary N) is 1. The van der Waals surface area contributed by atoms with Crippen LogP contribution in [0.25, 0.3) is 0 Å². The molecule has 30 heavy (non-hydrogen) atoms. The highest BCUT2D eigenvalue weighted by Gasteiger charge is 2.38. The van der Waals surface area contributed by atoms with Crippen LogP contribution < -0.4 is 15.8 Å². The minimum atomic E-state index is -1.14. The van der Waals surface area contributed by atoms with Gasteiger partial charge in [-0.1, -0.05) is 18.2 Å². The smallest absolute Gasteiger partial charge is 0.242 e. The van der Waals surface area contributed by atoms with Gasteiger partial charge in [0.15, 0.2) is 11.5 Å². The van der Waals surface area contributed by atoms with E-state index in [9.17, 15) is 9.90 Å². The van der Waals surface area contributed by atoms with Crippen molar-refractivity contribution in [3.8, 4) is 11.5 Å². The number of methoxy groups -OCH3 is 1. The van der Waals surface area contributed by atoms with E-state index in [1.165, 1.54) is 13.2 Å². The zero-order valence-electron chi connectivity index (χ0n) is 16.9. The summed E-state index contributed by atoms with van der Waals surface area (Å²) in [6.07, 6.45) is 8.72. The summed E-state index contributed by atoms with van der Waals surface area (Å²) in [6.45, 7) is 0.519. The summed E-state index contributed by atoms with van der Waals surface area (Å²) in [5.41, 5.74) is 7.50. The van der Waals surface area contributed by atoms with Crippen LogP contribution in [0.3, 0.4) is 0 Å². The predicted molar refractivity (Wildman–Crippen MR) is 114 cm³/mol. The second-order valence-corrected chi connectivity index (χ2v) is 7.06. The first-order valence-electron chi connectivity index (χ1n) is 9.75. The van der Waals surface area contributed by atoms with Gasteiger partial charge in [0.1, 0.15) is 5.54 Å². The van der Waals surface area contributed by atoms with Crippen molar-refractivity contribution in [2.45, 2.75) is 24.8 Å². The monoisotopic (exact) mass is 406 g/mol. The van der Waals surface area contributed by atoms with Gasteiger partial charge in [-0.2, -0.15) is 0 Å². The predicted octanol–water partition coefficient (Wildman–Crippen LogP) is 2.34. The number of phenols is 1. The minimum absolute atomic E-state index is 0.00207. The lowest BCUT2D eigenvalue weighted by Crippen LogP contribution is -2.53. The van der Waals surface area contributed by atoms with Crippen LogP contribution in [0.15, 0.2) is 67.3 Å². The quantitative estimate of drug-likeness (QED) is 0.477. The van der Waals surface area contributed by atoms with E-state index < -0.39 is 11.4 Å². The number of hydrogen-bond acceptors (Lipinski definition) is 6. The molecule has 0 saturated carbocycles. The molecule has 7 heteroatoms. The Hall–Kier alpha value is -3.45. The number of nitrogens with zero attached hydrogens (tertiary/aromatic N) is 2. The molecule has 3 aromatic rings. The number of aromatic nitrogens is 2. The molecule has 0 bridgehead atoms. The van der Waals surface area contributed by atoms with Crippen LogP contribution in [0.1, 0.15) is 23.1 Å². The molecule has 0 fully saturated rings. The number of pyridine rings is 2. The lowest BCUT2D eigenvalue weighted by Gasteiger charge is -2.33. The van der Waals surface area contributed by atoms with Crippen molar-refractivity contribution < 1.29 is 14.6 Å². The SMILES string of the molecule is COc1cc(C(CCc2cccnc2)(NCCc2cccnc2)C(N)=O)ccc1O. The summed E-state index contributed by atoms with van der Waals surface area (Å²) >= 11 is 0. The molecule has 1 unspecified atom stereocenters. The van der Waals surface area contributed by atoms with E-state index in [4.69, 9.17) is 10.5 Å². The molecule has 0 aliphatic carbocycles. The number of aryl methyl sites for hydroxylation is 1. The van der Waals surface area contributed by atoms with Gasteiger partial charge in [-0.15, -0.1) is 0 Å². The van der Waals surface area contributed by atoms with Gasteiger partial charge in [0.25, 0.3) is 0 Å². The molecule has 0 saturated heterocycles. The zero-order chi connectivity index (χ0) is 21.4. The fourth-order valence-corrected chi connectivity index (χ4v) is 3.47. The molecule has 2 heterocycles. The Labute approximate surface area is 175 Å². The molecule has 0 aliphatic rings. The standard InChI is InChI=1S/C23H26N4O3/c1-30-21-14-19(6-7-20(21)28)23(22(24)29,10-8-17-4-2-11-25-15-17)27-13-9-18-5-3-12-26-16-18/h2-7,11-12,14-16,27-28H,8-10,13H2,1H3,(H2,24,29). The van der Waals surface area contributed by atoms with Crippen molar-refractivity contribution in [1.82, 2.24) is 15.3 Å². The number of nitrogens with two attached hydrogens (primary N) is 1. The lowest BCUT2D eigenvalue weighted by atomic mass is 9.83. The van der Waals surface area contributed by atoms with Gasteiger partial charge < -0.3 is 15.6 Å². The molecule has 156 valence electrons. The molecular weight excluding hydrogens is 380 g/mol. The van der Waals surface area contributed by atoms with Crippen molar-refractivity contribution >= 4 is 5.91 Å². The third kappa shape index (κ3) is 4.93. The first kappa shape index (κ1) is 21.3. The number of ether oxygens (including phenoxy) is 1. The normalized spacial score (nSPS) is 12.8. The van der Waals surface area contributed by atoms with Gasteiger partial charge in [-0.05, 0) is 60.2 Å². The van der Waals surface area contributed by atoms with Crippen molar-refractivity contribution in [1.29, 1.82) is 0 Å². The number of benzene rings is 1. The first-order chi connectivity index (χ1) is 14.5. The highest BCUT2D eigenvalue weighted by atomic mass is 16.5. The molecule has 7 nitrogen and oxygen atoms in total. The maximum Gasteiger partial charge on any atom is 0.242 e. The van der Waals surface area contributed by atoms with Gasteiger partial charge >= 0.3 is 0 Å². The topological polar surface area (TPSA) is 110 Å². The third-order valence-corrected chi connectivity index (χ3v) is 5.17. The Kier molecular flexibility index (Phi) is 6.98. The van der Waals surface area contributed by atoms with Gasteiger partial charge in [0.05, 0.1) is 7.11 Å². The van der Waals surface area contributed by atoms with E-state index in [0.717, 1.165) is 11.1 Å². The van der Waals surface area contributed by atoms with E-state index >= 15 is 0 Å². The van der Waals surface area contributed by atoms with Crippen LogP contribution in [0.5, 0.6) is 11.5 Å². The number of hydrogen-bond donors (Lipinski definition) is 3. The van der Waals surface area contributed by atoms with E-state index in [0.29, 0.717) is 31.4 Å². The molecule has 0 spiro atoms. The van der Waals surface area contributed by atoms with Crippen molar-refractivity contribution in [2.24, 2.45) is 5.73 Å². The van der Waals surface area contributed by atoms with Crippen LogP contribution in [0.4, 0.5) is 0 Å². The fourth-order valence-electron chi connectivity index (χ4n) is 3.47. The van der Waals surface area contributed by atoms with Crippen LogP contribution in [-0.2, 0) is 23.2 Å². The number of carbonyl (C=O) groups is 1. The maximum absolute atomic E-state index is 12.8. The lowest BCUT2D eigenvalue weighted by molar-refractivity contribution is -0.125. The van der Waals surface area contributed by atoms with Gasteiger partial charge in [0.2, 0.25) is 5.91 Å². The molecule has 0 aliphatic heterocycles. The Balaban J connectivity index is 1.90. The fraction of sp³-hybridized carbons (Fsp3) is 0.261. The average molecular weight is 406 g/mol. The summed E-state index contributed by atoms with van der Waals surface area (Å²) in [5, 5.41) is 13.4. The van der Waals surface area contributed by atoms with Crippen LogP contribution >= 0.6 is 0 Å². The van der Waals surface area contributed by atoms with Crippen molar-refractivity contribution in [3.63, 3.8) is 0 Å². The average Bonchev–Trinajstić information content (AvgIpc) is 2.78. The second-order valence-electron chi connectivity index (χ2n) is 7.06. The third-order valence-electron chi connectivity index (χ3n) is 5.17. The Morgan fingerprint density at radius 2 is 1.77 bits per heavy atom. The summed E-state index contributed by atoms with van der Waals surface area (Å²) in [6, 6.07) is 12.6.